The first kappa shape index (κ1) is 12.2. The highest BCUT2D eigenvalue weighted by Crippen LogP contribution is 2.10. The Morgan fingerprint density at radius 3 is 2.83 bits per heavy atom. The van der Waals surface area contributed by atoms with Crippen LogP contribution >= 0.6 is 0 Å². The van der Waals surface area contributed by atoms with Gasteiger partial charge in [0.1, 0.15) is 0 Å². The zero-order valence-electron chi connectivity index (χ0n) is 9.41. The second kappa shape index (κ2) is 5.39. The van der Waals surface area contributed by atoms with Crippen LogP contribution in [-0.4, -0.2) is 15.9 Å². The molecule has 0 aliphatic heterocycles. The summed E-state index contributed by atoms with van der Waals surface area (Å²) < 4.78 is 25.6. The molecule has 2 rings (SSSR count). The van der Waals surface area contributed by atoms with Gasteiger partial charge in [-0.05, 0) is 24.1 Å². The van der Waals surface area contributed by atoms with E-state index in [0.717, 1.165) is 12.1 Å². The molecule has 0 spiro atoms. The molecule has 18 heavy (non-hydrogen) atoms. The minimum atomic E-state index is -0.904. The number of hydrogen-bond donors (Lipinski definition) is 2. The van der Waals surface area contributed by atoms with Gasteiger partial charge in [-0.25, -0.2) is 13.8 Å². The van der Waals surface area contributed by atoms with Gasteiger partial charge in [-0.15, -0.1) is 0 Å². The lowest BCUT2D eigenvalue weighted by Crippen LogP contribution is -2.13. The summed E-state index contributed by atoms with van der Waals surface area (Å²) >= 11 is 0. The first-order valence-electron chi connectivity index (χ1n) is 5.38. The van der Waals surface area contributed by atoms with E-state index in [0.29, 0.717) is 17.9 Å². The Morgan fingerprint density at radius 1 is 1.33 bits per heavy atom. The number of aryl methyl sites for hydroxylation is 1. The average molecular weight is 251 g/mol. The van der Waals surface area contributed by atoms with Crippen LogP contribution in [0.1, 0.15) is 12.0 Å². The van der Waals surface area contributed by atoms with Gasteiger partial charge in [-0.2, -0.15) is 0 Å². The zero-order chi connectivity index (χ0) is 13.0. The fourth-order valence-electron chi connectivity index (χ4n) is 1.48. The van der Waals surface area contributed by atoms with E-state index in [2.05, 4.69) is 15.3 Å². The van der Waals surface area contributed by atoms with Crippen molar-refractivity contribution >= 4 is 11.9 Å². The lowest BCUT2D eigenvalue weighted by molar-refractivity contribution is -0.116. The number of rotatable bonds is 4. The fourth-order valence-corrected chi connectivity index (χ4v) is 1.48. The fraction of sp³-hybridized carbons (Fsp3) is 0.167. The number of carbonyl (C=O) groups is 1. The number of H-pyrrole nitrogens is 1. The van der Waals surface area contributed by atoms with Gasteiger partial charge < -0.3 is 4.98 Å². The monoisotopic (exact) mass is 251 g/mol. The van der Waals surface area contributed by atoms with Crippen molar-refractivity contribution < 1.29 is 13.6 Å². The molecule has 0 fully saturated rings. The standard InChI is InChI=1S/C12H11F2N3O/c13-9-3-1-8(7-10(9)14)2-4-11(18)17-12-15-5-6-16-12/h1,3,5-7H,2,4H2,(H2,15,16,17,18). The summed E-state index contributed by atoms with van der Waals surface area (Å²) in [5, 5.41) is 2.54. The first-order chi connectivity index (χ1) is 8.65. The smallest absolute Gasteiger partial charge is 0.227 e. The Balaban J connectivity index is 1.87. The van der Waals surface area contributed by atoms with Crippen LogP contribution in [0.3, 0.4) is 0 Å². The minimum absolute atomic E-state index is 0.172. The maximum atomic E-state index is 12.9. The van der Waals surface area contributed by atoms with Crippen LogP contribution in [0.15, 0.2) is 30.6 Å². The predicted molar refractivity (Wildman–Crippen MR) is 61.9 cm³/mol. The van der Waals surface area contributed by atoms with E-state index >= 15 is 0 Å². The third kappa shape index (κ3) is 3.13. The molecular formula is C12H11F2N3O. The summed E-state index contributed by atoms with van der Waals surface area (Å²) in [7, 11) is 0. The maximum Gasteiger partial charge on any atom is 0.227 e. The number of benzene rings is 1. The van der Waals surface area contributed by atoms with Gasteiger partial charge in [0.25, 0.3) is 0 Å². The summed E-state index contributed by atoms with van der Waals surface area (Å²) in [6.45, 7) is 0. The largest absolute Gasteiger partial charge is 0.331 e. The Labute approximate surface area is 102 Å². The Kier molecular flexibility index (Phi) is 3.66. The van der Waals surface area contributed by atoms with E-state index < -0.39 is 11.6 Å². The van der Waals surface area contributed by atoms with Gasteiger partial charge in [0.15, 0.2) is 11.6 Å². The van der Waals surface area contributed by atoms with Crippen molar-refractivity contribution in [2.75, 3.05) is 5.32 Å². The number of anilines is 1. The molecule has 0 aliphatic carbocycles. The number of carbonyl (C=O) groups excluding carboxylic acids is 1. The quantitative estimate of drug-likeness (QED) is 0.875. The number of aromatic amines is 1. The molecule has 1 heterocycles. The van der Waals surface area contributed by atoms with Gasteiger partial charge in [-0.3, -0.25) is 10.1 Å². The molecule has 94 valence electrons. The lowest BCUT2D eigenvalue weighted by atomic mass is 10.1. The molecule has 6 heteroatoms. The second-order valence-corrected chi connectivity index (χ2v) is 3.73. The van der Waals surface area contributed by atoms with E-state index in [1.807, 2.05) is 0 Å². The second-order valence-electron chi connectivity index (χ2n) is 3.73. The number of imidazole rings is 1. The molecule has 0 aliphatic rings. The van der Waals surface area contributed by atoms with Gasteiger partial charge in [-0.1, -0.05) is 6.07 Å². The average Bonchev–Trinajstić information content (AvgIpc) is 2.83. The van der Waals surface area contributed by atoms with E-state index in [1.165, 1.54) is 12.3 Å². The molecule has 0 atom stereocenters. The molecule has 4 nitrogen and oxygen atoms in total. The van der Waals surface area contributed by atoms with Gasteiger partial charge >= 0.3 is 0 Å². The van der Waals surface area contributed by atoms with Crippen molar-refractivity contribution in [3.8, 4) is 0 Å². The Bertz CT molecular complexity index is 540. The molecule has 0 saturated heterocycles. The minimum Gasteiger partial charge on any atom is -0.331 e. The lowest BCUT2D eigenvalue weighted by Gasteiger charge is -2.03. The van der Waals surface area contributed by atoms with E-state index in [1.54, 1.807) is 6.20 Å². The Hall–Kier alpha value is -2.24. The molecule has 0 unspecified atom stereocenters. The molecule has 0 radical (unpaired) electrons. The molecule has 0 bridgehead atoms. The van der Waals surface area contributed by atoms with Crippen LogP contribution in [-0.2, 0) is 11.2 Å². The van der Waals surface area contributed by atoms with Gasteiger partial charge in [0, 0.05) is 18.8 Å². The van der Waals surface area contributed by atoms with Crippen LogP contribution in [0.25, 0.3) is 0 Å². The van der Waals surface area contributed by atoms with Crippen molar-refractivity contribution in [2.24, 2.45) is 0 Å². The summed E-state index contributed by atoms with van der Waals surface area (Å²) in [4.78, 5) is 18.1. The predicted octanol–water partition coefficient (Wildman–Crippen LogP) is 2.26. The highest BCUT2D eigenvalue weighted by molar-refractivity contribution is 5.89. The number of hydrogen-bond acceptors (Lipinski definition) is 2. The van der Waals surface area contributed by atoms with Crippen LogP contribution in [0.4, 0.5) is 14.7 Å². The molecule has 0 saturated carbocycles. The van der Waals surface area contributed by atoms with Crippen molar-refractivity contribution in [1.29, 1.82) is 0 Å². The Morgan fingerprint density at radius 2 is 2.17 bits per heavy atom. The number of amides is 1. The molecule has 1 aromatic heterocycles. The third-order valence-electron chi connectivity index (χ3n) is 2.38. The summed E-state index contributed by atoms with van der Waals surface area (Å²) in [6, 6.07) is 3.60. The highest BCUT2D eigenvalue weighted by Gasteiger charge is 2.06. The molecular weight excluding hydrogens is 240 g/mol. The number of nitrogens with one attached hydrogen (secondary N) is 2. The van der Waals surface area contributed by atoms with Crippen LogP contribution < -0.4 is 5.32 Å². The number of aromatic nitrogens is 2. The van der Waals surface area contributed by atoms with Crippen molar-refractivity contribution in [3.63, 3.8) is 0 Å². The number of nitrogens with zero attached hydrogens (tertiary/aromatic N) is 1. The molecule has 2 N–H and O–H groups in total. The molecule has 2 aromatic rings. The highest BCUT2D eigenvalue weighted by atomic mass is 19.2. The maximum absolute atomic E-state index is 12.9. The molecule has 1 amide bonds. The van der Waals surface area contributed by atoms with E-state index in [9.17, 15) is 13.6 Å². The van der Waals surface area contributed by atoms with Crippen molar-refractivity contribution in [2.45, 2.75) is 12.8 Å². The normalized spacial score (nSPS) is 10.3. The first-order valence-corrected chi connectivity index (χ1v) is 5.38. The van der Waals surface area contributed by atoms with E-state index in [4.69, 9.17) is 0 Å². The van der Waals surface area contributed by atoms with Crippen LogP contribution in [0.5, 0.6) is 0 Å². The summed E-state index contributed by atoms with van der Waals surface area (Å²) in [6.07, 6.45) is 3.62. The summed E-state index contributed by atoms with van der Waals surface area (Å²) in [5.74, 6) is -1.67. The van der Waals surface area contributed by atoms with Crippen LogP contribution in [0.2, 0.25) is 0 Å². The van der Waals surface area contributed by atoms with Gasteiger partial charge in [0.05, 0.1) is 0 Å². The zero-order valence-corrected chi connectivity index (χ0v) is 9.41. The van der Waals surface area contributed by atoms with Crippen molar-refractivity contribution in [3.05, 3.63) is 47.8 Å². The van der Waals surface area contributed by atoms with Crippen molar-refractivity contribution in [1.82, 2.24) is 9.97 Å². The number of halogens is 2. The molecule has 1 aromatic carbocycles. The van der Waals surface area contributed by atoms with Crippen LogP contribution in [0, 0.1) is 11.6 Å². The topological polar surface area (TPSA) is 57.8 Å². The summed E-state index contributed by atoms with van der Waals surface area (Å²) in [5.41, 5.74) is 0.573. The van der Waals surface area contributed by atoms with Gasteiger partial charge in [0.2, 0.25) is 11.9 Å². The SMILES string of the molecule is O=C(CCc1ccc(F)c(F)c1)Nc1ncc[nH]1. The van der Waals surface area contributed by atoms with E-state index in [-0.39, 0.29) is 12.3 Å². The third-order valence-corrected chi connectivity index (χ3v) is 2.38.